The van der Waals surface area contributed by atoms with Crippen molar-refractivity contribution in [1.29, 1.82) is 0 Å². The summed E-state index contributed by atoms with van der Waals surface area (Å²) in [7, 11) is -4.37. The molecular weight excluding hydrogens is 617 g/mol. The first kappa shape index (κ1) is 45.2. The van der Waals surface area contributed by atoms with Crippen LogP contribution in [-0.2, 0) is 32.7 Å². The number of rotatable bonds is 34. The second-order valence-electron chi connectivity index (χ2n) is 12.1. The normalized spacial score (nSPS) is 13.9. The van der Waals surface area contributed by atoms with Gasteiger partial charge in [0.15, 0.2) is 6.10 Å². The van der Waals surface area contributed by atoms with E-state index in [0.29, 0.717) is 6.42 Å². The molecule has 0 aromatic heterocycles. The summed E-state index contributed by atoms with van der Waals surface area (Å²) in [6, 6.07) is 0. The molecule has 0 aliphatic carbocycles. The highest BCUT2D eigenvalue weighted by Gasteiger charge is 2.25. The Labute approximate surface area is 286 Å². The number of carbonyl (C=O) groups excluding carboxylic acids is 2. The lowest BCUT2D eigenvalue weighted by Crippen LogP contribution is -2.29. The molecule has 0 aliphatic rings. The zero-order valence-electron chi connectivity index (χ0n) is 29.8. The van der Waals surface area contributed by atoms with Gasteiger partial charge in [0.25, 0.3) is 0 Å². The van der Waals surface area contributed by atoms with Crippen molar-refractivity contribution >= 4 is 19.8 Å². The van der Waals surface area contributed by atoms with Gasteiger partial charge in [-0.05, 0) is 64.2 Å². The molecule has 0 spiro atoms. The van der Waals surface area contributed by atoms with Crippen LogP contribution in [0.25, 0.3) is 0 Å². The van der Waals surface area contributed by atoms with Crippen LogP contribution in [0.15, 0.2) is 36.5 Å². The number of nitrogens with two attached hydrogens (primary N) is 1. The lowest BCUT2D eigenvalue weighted by Gasteiger charge is -2.19. The third kappa shape index (κ3) is 33.9. The van der Waals surface area contributed by atoms with E-state index in [4.69, 9.17) is 24.3 Å². The third-order valence-electron chi connectivity index (χ3n) is 7.50. The van der Waals surface area contributed by atoms with E-state index in [2.05, 4.69) is 50.3 Å². The van der Waals surface area contributed by atoms with Gasteiger partial charge in [0, 0.05) is 19.4 Å². The number of allylic oxidation sites excluding steroid dienone is 6. The van der Waals surface area contributed by atoms with Gasteiger partial charge in [-0.2, -0.15) is 0 Å². The Kier molecular flexibility index (Phi) is 32.8. The molecule has 0 bridgehead atoms. The second-order valence-corrected chi connectivity index (χ2v) is 13.5. The van der Waals surface area contributed by atoms with Crippen molar-refractivity contribution in [2.24, 2.45) is 5.73 Å². The number of phosphoric acid groups is 1. The van der Waals surface area contributed by atoms with Crippen LogP contribution in [0.3, 0.4) is 0 Å². The summed E-state index contributed by atoms with van der Waals surface area (Å²) < 4.78 is 32.6. The Bertz CT molecular complexity index is 876. The van der Waals surface area contributed by atoms with E-state index in [1.807, 2.05) is 0 Å². The minimum absolute atomic E-state index is 0.0492. The van der Waals surface area contributed by atoms with E-state index in [9.17, 15) is 19.0 Å². The summed E-state index contributed by atoms with van der Waals surface area (Å²) in [6.45, 7) is 3.62. The molecule has 0 saturated heterocycles. The van der Waals surface area contributed by atoms with E-state index in [1.165, 1.54) is 38.5 Å². The Morgan fingerprint density at radius 3 is 1.70 bits per heavy atom. The van der Waals surface area contributed by atoms with Crippen LogP contribution < -0.4 is 5.73 Å². The molecule has 2 atom stereocenters. The third-order valence-corrected chi connectivity index (χ3v) is 8.48. The van der Waals surface area contributed by atoms with Crippen LogP contribution >= 0.6 is 7.82 Å². The molecular formula is C37H68NO8P. The molecule has 0 aromatic rings. The minimum Gasteiger partial charge on any atom is -0.462 e. The summed E-state index contributed by atoms with van der Waals surface area (Å²) in [5.41, 5.74) is 5.32. The van der Waals surface area contributed by atoms with E-state index < -0.39 is 32.5 Å². The molecule has 47 heavy (non-hydrogen) atoms. The molecule has 0 amide bonds. The number of esters is 2. The average Bonchev–Trinajstić information content (AvgIpc) is 3.05. The van der Waals surface area contributed by atoms with Gasteiger partial charge in [-0.15, -0.1) is 0 Å². The molecule has 9 nitrogen and oxygen atoms in total. The lowest BCUT2D eigenvalue weighted by atomic mass is 10.1. The van der Waals surface area contributed by atoms with E-state index >= 15 is 0 Å². The van der Waals surface area contributed by atoms with E-state index in [0.717, 1.165) is 83.5 Å². The Balaban J connectivity index is 4.28. The number of phosphoric ester groups is 1. The van der Waals surface area contributed by atoms with Crippen LogP contribution in [0.1, 0.15) is 155 Å². The van der Waals surface area contributed by atoms with Crippen molar-refractivity contribution in [2.75, 3.05) is 26.4 Å². The zero-order valence-corrected chi connectivity index (χ0v) is 30.7. The maximum absolute atomic E-state index is 12.5. The van der Waals surface area contributed by atoms with Gasteiger partial charge in [-0.25, -0.2) is 4.57 Å². The Hall–Kier alpha value is -1.77. The standard InChI is InChI=1S/C37H68NO8P/c1-3-5-7-9-11-13-15-16-17-18-20-22-24-26-28-30-37(40)46-35(34-45-47(41,42)44-32-31-38)33-43-36(39)29-27-25-23-21-19-14-12-10-8-6-4-2/h10-13,16-17,35H,3-9,14-15,18-34,38H2,1-2H3,(H,41,42)/b12-10+,13-11+,17-16+/t35-/m1/s1. The van der Waals surface area contributed by atoms with Gasteiger partial charge in [0.2, 0.25) is 0 Å². The van der Waals surface area contributed by atoms with E-state index in [1.54, 1.807) is 0 Å². The minimum atomic E-state index is -4.37. The van der Waals surface area contributed by atoms with Crippen LogP contribution in [0, 0.1) is 0 Å². The highest BCUT2D eigenvalue weighted by molar-refractivity contribution is 7.47. The first-order valence-electron chi connectivity index (χ1n) is 18.5. The molecule has 0 aromatic carbocycles. The van der Waals surface area contributed by atoms with Crippen LogP contribution in [-0.4, -0.2) is 49.3 Å². The maximum atomic E-state index is 12.5. The quantitative estimate of drug-likeness (QED) is 0.0294. The first-order valence-corrected chi connectivity index (χ1v) is 20.0. The predicted octanol–water partition coefficient (Wildman–Crippen LogP) is 9.82. The molecule has 0 heterocycles. The highest BCUT2D eigenvalue weighted by Crippen LogP contribution is 2.43. The molecule has 3 N–H and O–H groups in total. The summed E-state index contributed by atoms with van der Waals surface area (Å²) in [4.78, 5) is 34.6. The van der Waals surface area contributed by atoms with Gasteiger partial charge in [-0.3, -0.25) is 18.6 Å². The smallest absolute Gasteiger partial charge is 0.462 e. The van der Waals surface area contributed by atoms with Crippen LogP contribution in [0.4, 0.5) is 0 Å². The fourth-order valence-electron chi connectivity index (χ4n) is 4.70. The number of unbranched alkanes of at least 4 members (excludes halogenated alkanes) is 15. The average molecular weight is 686 g/mol. The number of ether oxygens (including phenoxy) is 2. The maximum Gasteiger partial charge on any atom is 0.472 e. The summed E-state index contributed by atoms with van der Waals surface area (Å²) >= 11 is 0. The molecule has 0 saturated carbocycles. The summed E-state index contributed by atoms with van der Waals surface area (Å²) in [5.74, 6) is -0.860. The van der Waals surface area contributed by atoms with Gasteiger partial charge in [0.05, 0.1) is 13.2 Å². The van der Waals surface area contributed by atoms with Crippen molar-refractivity contribution in [1.82, 2.24) is 0 Å². The molecule has 0 aliphatic heterocycles. The summed E-state index contributed by atoms with van der Waals surface area (Å²) in [6.07, 6.45) is 34.6. The highest BCUT2D eigenvalue weighted by atomic mass is 31.2. The van der Waals surface area contributed by atoms with Crippen molar-refractivity contribution < 1.29 is 37.6 Å². The number of hydrogen-bond acceptors (Lipinski definition) is 8. The molecule has 1 unspecified atom stereocenters. The van der Waals surface area contributed by atoms with Gasteiger partial charge in [0.1, 0.15) is 6.61 Å². The monoisotopic (exact) mass is 685 g/mol. The SMILES string of the molecule is CCCC/C=C/CCCCCCCC(=O)OC[C@H](COP(=O)(O)OCCN)OC(=O)CCCCCCC/C=C/C/C=C/CCCCC. The van der Waals surface area contributed by atoms with Gasteiger partial charge < -0.3 is 20.1 Å². The molecule has 0 fully saturated rings. The van der Waals surface area contributed by atoms with Crippen LogP contribution in [0.2, 0.25) is 0 Å². The Morgan fingerprint density at radius 2 is 1.13 bits per heavy atom. The topological polar surface area (TPSA) is 134 Å². The van der Waals surface area contributed by atoms with E-state index in [-0.39, 0.29) is 32.6 Å². The molecule has 0 rings (SSSR count). The zero-order chi connectivity index (χ0) is 34.7. The van der Waals surface area contributed by atoms with Crippen molar-refractivity contribution in [3.63, 3.8) is 0 Å². The fraction of sp³-hybridized carbons (Fsp3) is 0.784. The number of carbonyl (C=O) groups is 2. The Morgan fingerprint density at radius 1 is 0.638 bits per heavy atom. The second kappa shape index (κ2) is 34.1. The van der Waals surface area contributed by atoms with Gasteiger partial charge >= 0.3 is 19.8 Å². The van der Waals surface area contributed by atoms with Crippen LogP contribution in [0.5, 0.6) is 0 Å². The molecule has 0 radical (unpaired) electrons. The molecule has 10 heteroatoms. The first-order chi connectivity index (χ1) is 22.8. The van der Waals surface area contributed by atoms with Gasteiger partial charge in [-0.1, -0.05) is 115 Å². The predicted molar refractivity (Wildman–Crippen MR) is 192 cm³/mol. The van der Waals surface area contributed by atoms with Crippen molar-refractivity contribution in [3.8, 4) is 0 Å². The van der Waals surface area contributed by atoms with Crippen molar-refractivity contribution in [2.45, 2.75) is 161 Å². The summed E-state index contributed by atoms with van der Waals surface area (Å²) in [5, 5.41) is 0. The van der Waals surface area contributed by atoms with Crippen molar-refractivity contribution in [3.05, 3.63) is 36.5 Å². The molecule has 274 valence electrons. The lowest BCUT2D eigenvalue weighted by molar-refractivity contribution is -0.161. The fourth-order valence-corrected chi connectivity index (χ4v) is 5.47. The largest absolute Gasteiger partial charge is 0.472 e. The number of hydrogen-bond donors (Lipinski definition) is 2.